The molecule has 1 aliphatic rings. The number of aromatic nitrogens is 3. The van der Waals surface area contributed by atoms with Crippen molar-refractivity contribution in [2.45, 2.75) is 31.8 Å². The Balaban J connectivity index is 1.99. The van der Waals surface area contributed by atoms with Crippen molar-refractivity contribution in [2.75, 3.05) is 43.6 Å². The van der Waals surface area contributed by atoms with Gasteiger partial charge in [0.2, 0.25) is 17.2 Å². The molecule has 2 heterocycles. The lowest BCUT2D eigenvalue weighted by Gasteiger charge is -2.23. The zero-order chi connectivity index (χ0) is 15.3. The fourth-order valence-electron chi connectivity index (χ4n) is 2.16. The van der Waals surface area contributed by atoms with E-state index in [1.807, 2.05) is 0 Å². The first-order chi connectivity index (χ1) is 10.00. The molecule has 118 valence electrons. The van der Waals surface area contributed by atoms with Gasteiger partial charge in [0.15, 0.2) is 0 Å². The first kappa shape index (κ1) is 16.2. The average molecular weight is 316 g/mol. The Kier molecular flexibility index (Phi) is 5.55. The van der Waals surface area contributed by atoms with Crippen molar-refractivity contribution < 1.29 is 9.84 Å². The predicted octanol–water partition coefficient (Wildman–Crippen LogP) is 1.32. The minimum atomic E-state index is -0.900. The van der Waals surface area contributed by atoms with E-state index in [9.17, 15) is 5.11 Å². The molecule has 1 aliphatic heterocycles. The van der Waals surface area contributed by atoms with Crippen LogP contribution in [0.1, 0.15) is 26.2 Å². The maximum Gasteiger partial charge on any atom is 0.231 e. The number of hydrogen-bond donors (Lipinski definition) is 2. The van der Waals surface area contributed by atoms with Crippen LogP contribution in [-0.2, 0) is 4.74 Å². The summed E-state index contributed by atoms with van der Waals surface area (Å²) in [4.78, 5) is 14.7. The Morgan fingerprint density at radius 1 is 1.33 bits per heavy atom. The Morgan fingerprint density at radius 3 is 2.71 bits per heavy atom. The molecule has 1 aromatic heterocycles. The Hall–Kier alpha value is -1.18. The van der Waals surface area contributed by atoms with Gasteiger partial charge in [-0.1, -0.05) is 0 Å². The fraction of sp³-hybridized carbons (Fsp3) is 0.769. The Bertz CT molecular complexity index is 466. The van der Waals surface area contributed by atoms with Gasteiger partial charge in [-0.3, -0.25) is 0 Å². The van der Waals surface area contributed by atoms with Crippen LogP contribution < -0.4 is 10.2 Å². The molecule has 8 heteroatoms. The molecule has 0 saturated carbocycles. The van der Waals surface area contributed by atoms with Crippen molar-refractivity contribution in [1.29, 1.82) is 0 Å². The summed E-state index contributed by atoms with van der Waals surface area (Å²) in [6.45, 7) is 4.42. The molecule has 1 fully saturated rings. The van der Waals surface area contributed by atoms with Gasteiger partial charge in [-0.25, -0.2) is 0 Å². The van der Waals surface area contributed by atoms with Crippen LogP contribution in [0.25, 0.3) is 0 Å². The van der Waals surface area contributed by atoms with Crippen LogP contribution in [0.5, 0.6) is 0 Å². The molecule has 2 N–H and O–H groups in total. The van der Waals surface area contributed by atoms with Crippen molar-refractivity contribution in [2.24, 2.45) is 0 Å². The quantitative estimate of drug-likeness (QED) is 0.785. The van der Waals surface area contributed by atoms with Crippen LogP contribution >= 0.6 is 11.6 Å². The zero-order valence-corrected chi connectivity index (χ0v) is 13.2. The second kappa shape index (κ2) is 7.20. The van der Waals surface area contributed by atoms with Crippen LogP contribution in [0.4, 0.5) is 11.9 Å². The van der Waals surface area contributed by atoms with E-state index >= 15 is 0 Å². The van der Waals surface area contributed by atoms with E-state index in [1.54, 1.807) is 14.0 Å². The van der Waals surface area contributed by atoms with Crippen LogP contribution in [0.3, 0.4) is 0 Å². The predicted molar refractivity (Wildman–Crippen MR) is 81.9 cm³/mol. The highest BCUT2D eigenvalue weighted by Gasteiger charge is 2.21. The van der Waals surface area contributed by atoms with Crippen molar-refractivity contribution >= 4 is 23.5 Å². The number of aliphatic hydroxyl groups is 1. The summed E-state index contributed by atoms with van der Waals surface area (Å²) in [5.41, 5.74) is -0.900. The molecule has 1 saturated heterocycles. The lowest BCUT2D eigenvalue weighted by molar-refractivity contribution is 0.0356. The highest BCUT2D eigenvalue weighted by molar-refractivity contribution is 6.28. The van der Waals surface area contributed by atoms with Gasteiger partial charge in [-0.15, -0.1) is 0 Å². The lowest BCUT2D eigenvalue weighted by Crippen LogP contribution is -2.35. The number of anilines is 2. The molecule has 0 aromatic carbocycles. The first-order valence-corrected chi connectivity index (χ1v) is 7.50. The summed E-state index contributed by atoms with van der Waals surface area (Å²) in [6.07, 6.45) is 2.80. The average Bonchev–Trinajstić information content (AvgIpc) is 2.97. The third kappa shape index (κ3) is 4.94. The number of nitrogens with one attached hydrogen (secondary N) is 1. The summed E-state index contributed by atoms with van der Waals surface area (Å²) < 4.78 is 4.98. The van der Waals surface area contributed by atoms with E-state index in [-0.39, 0.29) is 5.28 Å². The van der Waals surface area contributed by atoms with E-state index in [0.717, 1.165) is 25.9 Å². The van der Waals surface area contributed by atoms with E-state index in [0.29, 0.717) is 31.5 Å². The molecule has 0 spiro atoms. The number of halogens is 1. The fourth-order valence-corrected chi connectivity index (χ4v) is 2.31. The topological polar surface area (TPSA) is 83.4 Å². The number of ether oxygens (including phenoxy) is 1. The summed E-state index contributed by atoms with van der Waals surface area (Å²) in [5.74, 6) is 0.973. The molecule has 0 amide bonds. The standard InChI is InChI=1S/C13H22ClN5O2/c1-13(20,5-8-21-2)9-15-11-16-10(14)17-12(18-11)19-6-3-4-7-19/h20H,3-9H2,1-2H3,(H,15,16,17,18). The van der Waals surface area contributed by atoms with E-state index in [4.69, 9.17) is 16.3 Å². The van der Waals surface area contributed by atoms with Gasteiger partial charge in [0, 0.05) is 39.8 Å². The van der Waals surface area contributed by atoms with E-state index in [1.165, 1.54) is 0 Å². The maximum absolute atomic E-state index is 10.2. The summed E-state index contributed by atoms with van der Waals surface area (Å²) >= 11 is 5.95. The van der Waals surface area contributed by atoms with Crippen LogP contribution in [0.2, 0.25) is 5.28 Å². The first-order valence-electron chi connectivity index (χ1n) is 7.12. The largest absolute Gasteiger partial charge is 0.388 e. The second-order valence-electron chi connectivity index (χ2n) is 5.52. The third-order valence-corrected chi connectivity index (χ3v) is 3.63. The summed E-state index contributed by atoms with van der Waals surface area (Å²) in [5, 5.41) is 13.4. The molecular formula is C13H22ClN5O2. The van der Waals surface area contributed by atoms with Crippen molar-refractivity contribution in [1.82, 2.24) is 15.0 Å². The SMILES string of the molecule is COCCC(C)(O)CNc1nc(Cl)nc(N2CCCC2)n1. The summed E-state index contributed by atoms with van der Waals surface area (Å²) in [7, 11) is 1.61. The molecule has 0 bridgehead atoms. The van der Waals surface area contributed by atoms with Crippen molar-refractivity contribution in [3.63, 3.8) is 0 Å². The molecule has 1 atom stereocenters. The molecule has 1 unspecified atom stereocenters. The van der Waals surface area contributed by atoms with Crippen molar-refractivity contribution in [3.8, 4) is 0 Å². The normalized spacial score (nSPS) is 17.8. The van der Waals surface area contributed by atoms with Crippen molar-refractivity contribution in [3.05, 3.63) is 5.28 Å². The Morgan fingerprint density at radius 2 is 2.05 bits per heavy atom. The molecular weight excluding hydrogens is 294 g/mol. The van der Waals surface area contributed by atoms with Gasteiger partial charge in [0.1, 0.15) is 0 Å². The van der Waals surface area contributed by atoms with Gasteiger partial charge in [0.05, 0.1) is 5.60 Å². The monoisotopic (exact) mass is 315 g/mol. The highest BCUT2D eigenvalue weighted by atomic mass is 35.5. The van der Waals surface area contributed by atoms with Gasteiger partial charge < -0.3 is 20.1 Å². The minimum Gasteiger partial charge on any atom is -0.388 e. The van der Waals surface area contributed by atoms with Crippen LogP contribution in [0.15, 0.2) is 0 Å². The van der Waals surface area contributed by atoms with Crippen LogP contribution in [-0.4, -0.2) is 59.0 Å². The summed E-state index contributed by atoms with van der Waals surface area (Å²) in [6, 6.07) is 0. The zero-order valence-electron chi connectivity index (χ0n) is 12.5. The van der Waals surface area contributed by atoms with Crippen LogP contribution in [0, 0.1) is 0 Å². The maximum atomic E-state index is 10.2. The van der Waals surface area contributed by atoms with Gasteiger partial charge in [-0.2, -0.15) is 15.0 Å². The number of rotatable bonds is 7. The smallest absolute Gasteiger partial charge is 0.231 e. The van der Waals surface area contributed by atoms with Gasteiger partial charge in [0.25, 0.3) is 0 Å². The molecule has 0 radical (unpaired) electrons. The Labute approximate surface area is 129 Å². The third-order valence-electron chi connectivity index (χ3n) is 3.46. The van der Waals surface area contributed by atoms with Gasteiger partial charge in [-0.05, 0) is 31.4 Å². The number of nitrogens with zero attached hydrogens (tertiary/aromatic N) is 4. The molecule has 0 aliphatic carbocycles. The molecule has 2 rings (SSSR count). The minimum absolute atomic E-state index is 0.158. The number of methoxy groups -OCH3 is 1. The molecule has 1 aromatic rings. The van der Waals surface area contributed by atoms with Gasteiger partial charge >= 0.3 is 0 Å². The van der Waals surface area contributed by atoms with E-state index in [2.05, 4.69) is 25.2 Å². The number of hydrogen-bond acceptors (Lipinski definition) is 7. The highest BCUT2D eigenvalue weighted by Crippen LogP contribution is 2.19. The second-order valence-corrected chi connectivity index (χ2v) is 5.85. The van der Waals surface area contributed by atoms with E-state index < -0.39 is 5.60 Å². The molecule has 21 heavy (non-hydrogen) atoms. The lowest BCUT2D eigenvalue weighted by atomic mass is 10.0. The molecule has 7 nitrogen and oxygen atoms in total.